The SMILES string of the molecule is CNc1cc(-c2ccc(Cl)cc2)sc1C(=O)NCCc1ccc(C(C)N2CC[C@H](F)C2)cc1. The highest BCUT2D eigenvalue weighted by Crippen LogP contribution is 2.35. The third kappa shape index (κ3) is 5.75. The van der Waals surface area contributed by atoms with Crippen LogP contribution in [0.2, 0.25) is 5.02 Å². The molecule has 0 spiro atoms. The number of anilines is 1. The summed E-state index contributed by atoms with van der Waals surface area (Å²) < 4.78 is 13.5. The molecular weight excluding hydrogens is 457 g/mol. The number of alkyl halides is 1. The molecule has 7 heteroatoms. The van der Waals surface area contributed by atoms with E-state index in [1.54, 1.807) is 0 Å². The van der Waals surface area contributed by atoms with Gasteiger partial charge in [0.05, 0.1) is 5.69 Å². The second-order valence-electron chi connectivity index (χ2n) is 8.41. The van der Waals surface area contributed by atoms with Crippen LogP contribution in [0.1, 0.15) is 40.2 Å². The lowest BCUT2D eigenvalue weighted by molar-refractivity contribution is 0.0959. The Morgan fingerprint density at radius 3 is 2.58 bits per heavy atom. The van der Waals surface area contributed by atoms with Gasteiger partial charge in [0.15, 0.2) is 0 Å². The molecule has 4 nitrogen and oxygen atoms in total. The predicted octanol–water partition coefficient (Wildman–Crippen LogP) is 6.19. The molecule has 174 valence electrons. The Morgan fingerprint density at radius 2 is 1.94 bits per heavy atom. The van der Waals surface area contributed by atoms with Crippen LogP contribution in [0.3, 0.4) is 0 Å². The molecule has 33 heavy (non-hydrogen) atoms. The molecule has 1 saturated heterocycles. The highest BCUT2D eigenvalue weighted by Gasteiger charge is 2.26. The molecule has 3 aromatic rings. The molecule has 2 heterocycles. The number of nitrogens with zero attached hydrogens (tertiary/aromatic N) is 1. The van der Waals surface area contributed by atoms with Crippen LogP contribution in [0.4, 0.5) is 10.1 Å². The molecule has 1 unspecified atom stereocenters. The molecule has 2 atom stereocenters. The Kier molecular flexibility index (Phi) is 7.68. The summed E-state index contributed by atoms with van der Waals surface area (Å²) in [5.74, 6) is -0.0791. The predicted molar refractivity (Wildman–Crippen MR) is 136 cm³/mol. The van der Waals surface area contributed by atoms with Gasteiger partial charge in [0, 0.05) is 42.6 Å². The van der Waals surface area contributed by atoms with Gasteiger partial charge in [-0.15, -0.1) is 11.3 Å². The van der Waals surface area contributed by atoms with Crippen LogP contribution >= 0.6 is 22.9 Å². The molecule has 4 rings (SSSR count). The van der Waals surface area contributed by atoms with Crippen LogP contribution < -0.4 is 10.6 Å². The first kappa shape index (κ1) is 23.7. The maximum atomic E-state index is 13.5. The second-order valence-corrected chi connectivity index (χ2v) is 9.90. The fraction of sp³-hybridized carbons (Fsp3) is 0.346. The molecule has 0 radical (unpaired) electrons. The Morgan fingerprint density at radius 1 is 1.21 bits per heavy atom. The largest absolute Gasteiger partial charge is 0.387 e. The van der Waals surface area contributed by atoms with Gasteiger partial charge in [-0.1, -0.05) is 48.0 Å². The summed E-state index contributed by atoms with van der Waals surface area (Å²) in [4.78, 5) is 16.7. The minimum Gasteiger partial charge on any atom is -0.387 e. The lowest BCUT2D eigenvalue weighted by Crippen LogP contribution is -2.25. The zero-order valence-electron chi connectivity index (χ0n) is 18.9. The van der Waals surface area contributed by atoms with Gasteiger partial charge in [0.25, 0.3) is 5.91 Å². The molecule has 1 aliphatic rings. The zero-order chi connectivity index (χ0) is 23.4. The average molecular weight is 486 g/mol. The maximum Gasteiger partial charge on any atom is 0.263 e. The van der Waals surface area contributed by atoms with E-state index >= 15 is 0 Å². The first-order valence-electron chi connectivity index (χ1n) is 11.3. The third-order valence-corrected chi connectivity index (χ3v) is 7.64. The molecule has 1 fully saturated rings. The van der Waals surface area contributed by atoms with Gasteiger partial charge in [0.1, 0.15) is 11.0 Å². The van der Waals surface area contributed by atoms with E-state index in [1.807, 2.05) is 37.4 Å². The lowest BCUT2D eigenvalue weighted by Gasteiger charge is -2.24. The Labute approximate surface area is 203 Å². The van der Waals surface area contributed by atoms with Crippen molar-refractivity contribution < 1.29 is 9.18 Å². The van der Waals surface area contributed by atoms with Crippen molar-refractivity contribution in [3.05, 3.63) is 75.6 Å². The smallest absolute Gasteiger partial charge is 0.263 e. The van der Waals surface area contributed by atoms with Crippen molar-refractivity contribution >= 4 is 34.5 Å². The van der Waals surface area contributed by atoms with Gasteiger partial charge in [-0.3, -0.25) is 9.69 Å². The average Bonchev–Trinajstić information content (AvgIpc) is 3.46. The molecule has 0 bridgehead atoms. The standard InChI is InChI=1S/C26H29ClFN3OS/c1-17(31-14-12-22(28)16-31)19-5-3-18(4-6-19)11-13-30-26(32)25-23(29-2)15-24(33-25)20-7-9-21(27)10-8-20/h3-10,15,17,22,29H,11-14,16H2,1-2H3,(H,30,32)/t17?,22-/m0/s1. The van der Waals surface area contributed by atoms with Gasteiger partial charge in [-0.25, -0.2) is 4.39 Å². The van der Waals surface area contributed by atoms with Crippen LogP contribution in [0.5, 0.6) is 0 Å². The molecule has 1 amide bonds. The highest BCUT2D eigenvalue weighted by atomic mass is 35.5. The number of likely N-dealkylation sites (tertiary alicyclic amines) is 1. The number of amides is 1. The van der Waals surface area contributed by atoms with Crippen molar-refractivity contribution in [2.24, 2.45) is 0 Å². The van der Waals surface area contributed by atoms with E-state index in [4.69, 9.17) is 11.6 Å². The van der Waals surface area contributed by atoms with Crippen molar-refractivity contribution in [1.29, 1.82) is 0 Å². The summed E-state index contributed by atoms with van der Waals surface area (Å²) >= 11 is 7.46. The number of carbonyl (C=O) groups is 1. The molecule has 2 aromatic carbocycles. The summed E-state index contributed by atoms with van der Waals surface area (Å²) in [5.41, 5.74) is 4.21. The summed E-state index contributed by atoms with van der Waals surface area (Å²) in [7, 11) is 1.82. The van der Waals surface area contributed by atoms with Crippen molar-refractivity contribution in [3.63, 3.8) is 0 Å². The van der Waals surface area contributed by atoms with Crippen molar-refractivity contribution in [2.75, 3.05) is 32.0 Å². The minimum atomic E-state index is -0.704. The molecule has 1 aliphatic heterocycles. The number of halogens is 2. The van der Waals surface area contributed by atoms with Gasteiger partial charge in [-0.05, 0) is 54.7 Å². The third-order valence-electron chi connectivity index (χ3n) is 6.21. The molecule has 1 aromatic heterocycles. The van der Waals surface area contributed by atoms with Crippen molar-refractivity contribution in [3.8, 4) is 10.4 Å². The Hall–Kier alpha value is -2.41. The number of benzene rings is 2. The van der Waals surface area contributed by atoms with Gasteiger partial charge in [-0.2, -0.15) is 0 Å². The molecule has 0 saturated carbocycles. The van der Waals surface area contributed by atoms with E-state index in [0.717, 1.165) is 34.7 Å². The monoisotopic (exact) mass is 485 g/mol. The maximum absolute atomic E-state index is 13.5. The van der Waals surface area contributed by atoms with E-state index in [1.165, 1.54) is 16.9 Å². The fourth-order valence-corrected chi connectivity index (χ4v) is 5.38. The van der Waals surface area contributed by atoms with Crippen molar-refractivity contribution in [1.82, 2.24) is 10.2 Å². The number of rotatable bonds is 8. The van der Waals surface area contributed by atoms with Gasteiger partial charge >= 0.3 is 0 Å². The Bertz CT molecular complexity index is 1080. The van der Waals surface area contributed by atoms with Gasteiger partial charge in [0.2, 0.25) is 0 Å². The van der Waals surface area contributed by atoms with Crippen molar-refractivity contribution in [2.45, 2.75) is 32.0 Å². The zero-order valence-corrected chi connectivity index (χ0v) is 20.5. The summed E-state index contributed by atoms with van der Waals surface area (Å²) in [6.45, 7) is 4.02. The molecular formula is C26H29ClFN3OS. The van der Waals surface area contributed by atoms with Crippen LogP contribution in [0, 0.1) is 0 Å². The first-order chi connectivity index (χ1) is 15.9. The van der Waals surface area contributed by atoms with Crippen LogP contribution in [-0.2, 0) is 6.42 Å². The fourth-order valence-electron chi connectivity index (χ4n) is 4.17. The van der Waals surface area contributed by atoms with E-state index in [2.05, 4.69) is 46.7 Å². The second kappa shape index (κ2) is 10.7. The first-order valence-corrected chi connectivity index (χ1v) is 12.5. The number of hydrogen-bond acceptors (Lipinski definition) is 4. The van der Waals surface area contributed by atoms with Gasteiger partial charge < -0.3 is 10.6 Å². The van der Waals surface area contributed by atoms with Crippen LogP contribution in [0.15, 0.2) is 54.6 Å². The normalized spacial score (nSPS) is 17.2. The number of carbonyl (C=O) groups excluding carboxylic acids is 1. The number of nitrogens with one attached hydrogen (secondary N) is 2. The lowest BCUT2D eigenvalue weighted by atomic mass is 10.0. The van der Waals surface area contributed by atoms with Crippen LogP contribution in [-0.4, -0.2) is 43.7 Å². The minimum absolute atomic E-state index is 0.0791. The summed E-state index contributed by atoms with van der Waals surface area (Å²) in [5, 5.41) is 6.86. The molecule has 2 N–H and O–H groups in total. The number of hydrogen-bond donors (Lipinski definition) is 2. The number of thiophene rings is 1. The van der Waals surface area contributed by atoms with E-state index in [0.29, 0.717) is 29.4 Å². The molecule has 0 aliphatic carbocycles. The van der Waals surface area contributed by atoms with E-state index in [-0.39, 0.29) is 11.9 Å². The van der Waals surface area contributed by atoms with E-state index < -0.39 is 6.17 Å². The summed E-state index contributed by atoms with van der Waals surface area (Å²) in [6, 6.07) is 18.3. The summed E-state index contributed by atoms with van der Waals surface area (Å²) in [6.07, 6.45) is 0.674. The topological polar surface area (TPSA) is 44.4 Å². The highest BCUT2D eigenvalue weighted by molar-refractivity contribution is 7.18. The van der Waals surface area contributed by atoms with E-state index in [9.17, 15) is 9.18 Å². The quantitative estimate of drug-likeness (QED) is 0.400. The Balaban J connectivity index is 1.33. The van der Waals surface area contributed by atoms with Crippen LogP contribution in [0.25, 0.3) is 10.4 Å².